The summed E-state index contributed by atoms with van der Waals surface area (Å²) in [6.45, 7) is 0.841. The maximum Gasteiger partial charge on any atom is 0.139 e. The summed E-state index contributed by atoms with van der Waals surface area (Å²) in [5.74, 6) is 0.736. The van der Waals surface area contributed by atoms with Crippen LogP contribution in [0.25, 0.3) is 10.2 Å². The Morgan fingerprint density at radius 2 is 2.33 bits per heavy atom. The highest BCUT2D eigenvalue weighted by Gasteiger charge is 2.08. The van der Waals surface area contributed by atoms with E-state index >= 15 is 0 Å². The predicted octanol–water partition coefficient (Wildman–Crippen LogP) is 2.14. The van der Waals surface area contributed by atoms with Crippen LogP contribution in [0, 0.1) is 0 Å². The average Bonchev–Trinajstić information content (AvgIpc) is 2.62. The lowest BCUT2D eigenvalue weighted by atomic mass is 10.3. The molecule has 0 aliphatic carbocycles. The molecule has 6 heteroatoms. The number of hydrogen-bond acceptors (Lipinski definition) is 5. The highest BCUT2D eigenvalue weighted by atomic mass is 35.5. The molecule has 2 N–H and O–H groups in total. The Bertz CT molecular complexity index is 460. The normalized spacial score (nSPS) is 10.8. The zero-order chi connectivity index (χ0) is 10.7. The first-order valence-corrected chi connectivity index (χ1v) is 5.81. The molecule has 2 aromatic rings. The van der Waals surface area contributed by atoms with Crippen molar-refractivity contribution >= 4 is 39.0 Å². The summed E-state index contributed by atoms with van der Waals surface area (Å²) in [6, 6.07) is 0. The molecule has 0 saturated heterocycles. The van der Waals surface area contributed by atoms with Gasteiger partial charge in [0.05, 0.1) is 10.4 Å². The van der Waals surface area contributed by atoms with E-state index in [0.29, 0.717) is 18.0 Å². The molecule has 80 valence electrons. The second-order valence-electron chi connectivity index (χ2n) is 2.99. The molecule has 0 unspecified atom stereocenters. The van der Waals surface area contributed by atoms with Gasteiger partial charge < -0.3 is 10.4 Å². The number of rotatable bonds is 4. The average molecular weight is 244 g/mol. The van der Waals surface area contributed by atoms with Gasteiger partial charge in [-0.25, -0.2) is 9.97 Å². The van der Waals surface area contributed by atoms with Crippen molar-refractivity contribution in [1.82, 2.24) is 9.97 Å². The van der Waals surface area contributed by atoms with E-state index in [9.17, 15) is 0 Å². The van der Waals surface area contributed by atoms with Crippen molar-refractivity contribution in [2.45, 2.75) is 6.42 Å². The summed E-state index contributed by atoms with van der Waals surface area (Å²) < 4.78 is 0. The number of thiophene rings is 1. The lowest BCUT2D eigenvalue weighted by Crippen LogP contribution is -2.05. The number of aliphatic hydroxyl groups excluding tert-OH is 1. The zero-order valence-corrected chi connectivity index (χ0v) is 9.48. The zero-order valence-electron chi connectivity index (χ0n) is 7.90. The standard InChI is InChI=1S/C9H10ClN3OS/c10-6-4-15-9-7(6)8(12-5-13-9)11-2-1-3-14/h4-5,14H,1-3H2,(H,11,12,13). The minimum Gasteiger partial charge on any atom is -0.396 e. The first-order chi connectivity index (χ1) is 7.33. The Balaban J connectivity index is 2.29. The minimum absolute atomic E-state index is 0.165. The van der Waals surface area contributed by atoms with Gasteiger partial charge >= 0.3 is 0 Å². The monoisotopic (exact) mass is 243 g/mol. The lowest BCUT2D eigenvalue weighted by Gasteiger charge is -2.04. The number of hydrogen-bond donors (Lipinski definition) is 2. The molecule has 0 aliphatic rings. The van der Waals surface area contributed by atoms with Gasteiger partial charge in [0.15, 0.2) is 0 Å². The van der Waals surface area contributed by atoms with Crippen LogP contribution in [0.3, 0.4) is 0 Å². The summed E-state index contributed by atoms with van der Waals surface area (Å²) in [4.78, 5) is 9.13. The fourth-order valence-electron chi connectivity index (χ4n) is 1.26. The van der Waals surface area contributed by atoms with Gasteiger partial charge in [-0.15, -0.1) is 11.3 Å². The van der Waals surface area contributed by atoms with Crippen molar-refractivity contribution in [1.29, 1.82) is 0 Å². The molecule has 0 amide bonds. The number of aliphatic hydroxyl groups is 1. The van der Waals surface area contributed by atoms with Crippen LogP contribution in [0.15, 0.2) is 11.7 Å². The van der Waals surface area contributed by atoms with E-state index in [-0.39, 0.29) is 6.61 Å². The topological polar surface area (TPSA) is 58.0 Å². The van der Waals surface area contributed by atoms with Crippen LogP contribution in [-0.2, 0) is 0 Å². The van der Waals surface area contributed by atoms with Crippen LogP contribution < -0.4 is 5.32 Å². The van der Waals surface area contributed by atoms with Crippen LogP contribution >= 0.6 is 22.9 Å². The number of fused-ring (bicyclic) bond motifs is 1. The molecule has 0 fully saturated rings. The van der Waals surface area contributed by atoms with Gasteiger partial charge in [0, 0.05) is 18.5 Å². The summed E-state index contributed by atoms with van der Waals surface area (Å²) in [7, 11) is 0. The van der Waals surface area contributed by atoms with Crippen molar-refractivity contribution < 1.29 is 5.11 Å². The van der Waals surface area contributed by atoms with E-state index < -0.39 is 0 Å². The Morgan fingerprint density at radius 3 is 3.13 bits per heavy atom. The lowest BCUT2D eigenvalue weighted by molar-refractivity contribution is 0.292. The van der Waals surface area contributed by atoms with Crippen LogP contribution in [0.2, 0.25) is 5.02 Å². The van der Waals surface area contributed by atoms with E-state index in [0.717, 1.165) is 16.0 Å². The van der Waals surface area contributed by atoms with Crippen molar-refractivity contribution in [3.8, 4) is 0 Å². The third kappa shape index (κ3) is 2.19. The van der Waals surface area contributed by atoms with E-state index in [4.69, 9.17) is 16.7 Å². The summed E-state index contributed by atoms with van der Waals surface area (Å²) in [5.41, 5.74) is 0. The number of anilines is 1. The number of halogens is 1. The van der Waals surface area contributed by atoms with Gasteiger partial charge in [-0.1, -0.05) is 11.6 Å². The molecule has 15 heavy (non-hydrogen) atoms. The first-order valence-electron chi connectivity index (χ1n) is 4.55. The highest BCUT2D eigenvalue weighted by molar-refractivity contribution is 7.17. The molecule has 0 radical (unpaired) electrons. The first kappa shape index (κ1) is 10.6. The quantitative estimate of drug-likeness (QED) is 0.808. The van der Waals surface area contributed by atoms with Crippen molar-refractivity contribution in [3.63, 3.8) is 0 Å². The predicted molar refractivity (Wildman–Crippen MR) is 62.6 cm³/mol. The van der Waals surface area contributed by atoms with Gasteiger partial charge in [-0.3, -0.25) is 0 Å². The van der Waals surface area contributed by atoms with Crippen molar-refractivity contribution in [2.75, 3.05) is 18.5 Å². The number of aromatic nitrogens is 2. The van der Waals surface area contributed by atoms with Gasteiger partial charge in [-0.05, 0) is 6.42 Å². The molecule has 2 rings (SSSR count). The molecule has 0 bridgehead atoms. The van der Waals surface area contributed by atoms with Crippen LogP contribution in [-0.4, -0.2) is 28.2 Å². The second-order valence-corrected chi connectivity index (χ2v) is 4.26. The fraction of sp³-hybridized carbons (Fsp3) is 0.333. The molecular weight excluding hydrogens is 234 g/mol. The summed E-state index contributed by atoms with van der Waals surface area (Å²) in [6.07, 6.45) is 2.20. The molecule has 2 aromatic heterocycles. The van der Waals surface area contributed by atoms with Crippen LogP contribution in [0.5, 0.6) is 0 Å². The maximum atomic E-state index is 8.68. The number of nitrogens with one attached hydrogen (secondary N) is 1. The highest BCUT2D eigenvalue weighted by Crippen LogP contribution is 2.32. The largest absolute Gasteiger partial charge is 0.396 e. The third-order valence-corrected chi connectivity index (χ3v) is 3.27. The molecule has 0 atom stereocenters. The van der Waals surface area contributed by atoms with E-state index in [1.165, 1.54) is 17.7 Å². The SMILES string of the molecule is OCCCNc1ncnc2scc(Cl)c12. The summed E-state index contributed by atoms with van der Waals surface area (Å²) in [5, 5.41) is 15.2. The minimum atomic E-state index is 0.165. The molecule has 0 aromatic carbocycles. The van der Waals surface area contributed by atoms with Gasteiger partial charge in [0.1, 0.15) is 17.0 Å². The van der Waals surface area contributed by atoms with Crippen molar-refractivity contribution in [2.24, 2.45) is 0 Å². The molecular formula is C9H10ClN3OS. The van der Waals surface area contributed by atoms with Crippen LogP contribution in [0.4, 0.5) is 5.82 Å². The number of nitrogens with zero attached hydrogens (tertiary/aromatic N) is 2. The van der Waals surface area contributed by atoms with Gasteiger partial charge in [-0.2, -0.15) is 0 Å². The van der Waals surface area contributed by atoms with E-state index in [2.05, 4.69) is 15.3 Å². The van der Waals surface area contributed by atoms with Gasteiger partial charge in [0.25, 0.3) is 0 Å². The molecule has 2 heterocycles. The smallest absolute Gasteiger partial charge is 0.139 e. The second kappa shape index (κ2) is 4.74. The molecule has 0 spiro atoms. The summed E-state index contributed by atoms with van der Waals surface area (Å²) >= 11 is 7.53. The third-order valence-electron chi connectivity index (χ3n) is 1.95. The Hall–Kier alpha value is -0.910. The Kier molecular flexibility index (Phi) is 3.35. The van der Waals surface area contributed by atoms with E-state index in [1.54, 1.807) is 0 Å². The van der Waals surface area contributed by atoms with Crippen molar-refractivity contribution in [3.05, 3.63) is 16.7 Å². The Labute approximate surface area is 95.9 Å². The maximum absolute atomic E-state index is 8.68. The molecule has 4 nitrogen and oxygen atoms in total. The van der Waals surface area contributed by atoms with Gasteiger partial charge in [0.2, 0.25) is 0 Å². The molecule has 0 aliphatic heterocycles. The molecule has 0 saturated carbocycles. The van der Waals surface area contributed by atoms with Crippen LogP contribution in [0.1, 0.15) is 6.42 Å². The Morgan fingerprint density at radius 1 is 1.47 bits per heavy atom. The fourth-order valence-corrected chi connectivity index (χ4v) is 2.39. The van der Waals surface area contributed by atoms with E-state index in [1.807, 2.05) is 5.38 Å².